The smallest absolute Gasteiger partial charge is 0.310 e. The van der Waals surface area contributed by atoms with Crippen LogP contribution in [0.3, 0.4) is 0 Å². The highest BCUT2D eigenvalue weighted by molar-refractivity contribution is 6.36. The van der Waals surface area contributed by atoms with Gasteiger partial charge in [0.15, 0.2) is 5.75 Å². The molecule has 3 aromatic rings. The van der Waals surface area contributed by atoms with E-state index in [1.165, 1.54) is 25.4 Å². The Labute approximate surface area is 223 Å². The molecule has 0 bridgehead atoms. The number of ether oxygens (including phenoxy) is 1. The third-order valence-electron chi connectivity index (χ3n) is 6.31. The van der Waals surface area contributed by atoms with E-state index < -0.39 is 10.8 Å². The van der Waals surface area contributed by atoms with Gasteiger partial charge in [0.1, 0.15) is 5.69 Å². The van der Waals surface area contributed by atoms with Crippen LogP contribution in [-0.4, -0.2) is 46.8 Å². The third-order valence-corrected chi connectivity index (χ3v) is 6.80. The Balaban J connectivity index is 1.31. The van der Waals surface area contributed by atoms with E-state index in [1.807, 2.05) is 29.2 Å². The van der Waals surface area contributed by atoms with Gasteiger partial charge in [-0.3, -0.25) is 19.7 Å². The number of piperidine rings is 1. The van der Waals surface area contributed by atoms with Gasteiger partial charge in [0.25, 0.3) is 5.91 Å². The molecule has 1 aliphatic heterocycles. The van der Waals surface area contributed by atoms with Crippen LogP contribution >= 0.6 is 23.2 Å². The molecule has 192 valence electrons. The number of hydrogen-bond donors (Lipinski definition) is 1. The molecular weight excluding hydrogens is 519 g/mol. The van der Waals surface area contributed by atoms with E-state index in [9.17, 15) is 19.7 Å². The second kappa shape index (κ2) is 11.6. The average molecular weight is 543 g/mol. The number of likely N-dealkylation sites (tertiary alicyclic amines) is 1. The number of hydrogen-bond acceptors (Lipinski definition) is 6. The fourth-order valence-corrected chi connectivity index (χ4v) is 4.81. The molecule has 2 heterocycles. The Morgan fingerprint density at radius 2 is 1.84 bits per heavy atom. The van der Waals surface area contributed by atoms with Crippen molar-refractivity contribution in [2.45, 2.75) is 25.2 Å². The number of aromatic nitrogens is 1. The molecule has 37 heavy (non-hydrogen) atoms. The molecule has 0 radical (unpaired) electrons. The number of rotatable bonds is 7. The molecule has 2 aromatic carbocycles. The Morgan fingerprint density at radius 3 is 2.46 bits per heavy atom. The number of pyridine rings is 1. The molecule has 1 saturated heterocycles. The molecule has 11 heteroatoms. The largest absolute Gasteiger partial charge is 0.490 e. The number of methoxy groups -OCH3 is 1. The Morgan fingerprint density at radius 1 is 1.14 bits per heavy atom. The van der Waals surface area contributed by atoms with Crippen molar-refractivity contribution in [2.24, 2.45) is 0 Å². The van der Waals surface area contributed by atoms with Crippen LogP contribution in [0.2, 0.25) is 10.0 Å². The normalized spacial score (nSPS) is 13.8. The van der Waals surface area contributed by atoms with Crippen LogP contribution in [0.25, 0.3) is 0 Å². The van der Waals surface area contributed by atoms with Crippen molar-refractivity contribution in [2.75, 3.05) is 25.5 Å². The van der Waals surface area contributed by atoms with Crippen LogP contribution in [0.15, 0.2) is 54.7 Å². The summed E-state index contributed by atoms with van der Waals surface area (Å²) in [5.74, 6) is -0.0180. The number of nitro benzene ring substituents is 1. The lowest BCUT2D eigenvalue weighted by atomic mass is 9.89. The highest BCUT2D eigenvalue weighted by atomic mass is 35.5. The summed E-state index contributed by atoms with van der Waals surface area (Å²) in [6.07, 6.45) is 3.14. The van der Waals surface area contributed by atoms with Crippen molar-refractivity contribution in [3.63, 3.8) is 0 Å². The number of benzene rings is 2. The second-order valence-electron chi connectivity index (χ2n) is 8.66. The number of carbonyl (C=O) groups is 2. The van der Waals surface area contributed by atoms with Crippen LogP contribution in [0.4, 0.5) is 11.4 Å². The number of nitrogens with zero attached hydrogens (tertiary/aromatic N) is 3. The van der Waals surface area contributed by atoms with Gasteiger partial charge in [-0.25, -0.2) is 4.98 Å². The van der Waals surface area contributed by atoms with E-state index in [4.69, 9.17) is 27.9 Å². The van der Waals surface area contributed by atoms with Crippen molar-refractivity contribution in [1.82, 2.24) is 9.88 Å². The molecule has 0 spiro atoms. The molecule has 1 N–H and O–H groups in total. The predicted octanol–water partition coefficient (Wildman–Crippen LogP) is 5.51. The summed E-state index contributed by atoms with van der Waals surface area (Å²) in [4.78, 5) is 41.7. The van der Waals surface area contributed by atoms with Crippen molar-refractivity contribution >= 4 is 46.4 Å². The quantitative estimate of drug-likeness (QED) is 0.311. The summed E-state index contributed by atoms with van der Waals surface area (Å²) in [6.45, 7) is 1.24. The Kier molecular flexibility index (Phi) is 8.25. The summed E-state index contributed by atoms with van der Waals surface area (Å²) in [5, 5.41) is 14.4. The number of nitrogens with one attached hydrogen (secondary N) is 1. The summed E-state index contributed by atoms with van der Waals surface area (Å²) >= 11 is 11.9. The first-order valence-electron chi connectivity index (χ1n) is 11.6. The SMILES string of the molecule is COc1cc(CC(=O)N2CCC(c3ccc(NC(=O)c4ncc(Cl)cc4Cl)cc3)CC2)ccc1[N+](=O)[O-]. The monoisotopic (exact) mass is 542 g/mol. The van der Waals surface area contributed by atoms with E-state index in [-0.39, 0.29) is 34.5 Å². The maximum atomic E-state index is 12.8. The van der Waals surface area contributed by atoms with Crippen LogP contribution in [0.1, 0.15) is 40.4 Å². The lowest BCUT2D eigenvalue weighted by Crippen LogP contribution is -2.38. The number of halogens is 2. The molecule has 0 atom stereocenters. The summed E-state index contributed by atoms with van der Waals surface area (Å²) in [5.41, 5.74) is 2.39. The minimum Gasteiger partial charge on any atom is -0.490 e. The van der Waals surface area contributed by atoms with Crippen LogP contribution in [0, 0.1) is 10.1 Å². The zero-order chi connectivity index (χ0) is 26.5. The molecule has 4 rings (SSSR count). The Bertz CT molecular complexity index is 1330. The van der Waals surface area contributed by atoms with E-state index in [2.05, 4.69) is 10.3 Å². The fourth-order valence-electron chi connectivity index (χ4n) is 4.34. The highest BCUT2D eigenvalue weighted by Crippen LogP contribution is 2.31. The summed E-state index contributed by atoms with van der Waals surface area (Å²) in [7, 11) is 1.37. The predicted molar refractivity (Wildman–Crippen MR) is 141 cm³/mol. The number of carbonyl (C=O) groups excluding carboxylic acids is 2. The number of amides is 2. The van der Waals surface area contributed by atoms with Crippen molar-refractivity contribution in [1.29, 1.82) is 0 Å². The first-order chi connectivity index (χ1) is 17.7. The van der Waals surface area contributed by atoms with Gasteiger partial charge in [0.05, 0.1) is 28.5 Å². The van der Waals surface area contributed by atoms with Gasteiger partial charge < -0.3 is 15.0 Å². The van der Waals surface area contributed by atoms with Crippen molar-refractivity contribution in [3.8, 4) is 5.75 Å². The molecule has 9 nitrogen and oxygen atoms in total. The lowest BCUT2D eigenvalue weighted by molar-refractivity contribution is -0.385. The molecule has 2 amide bonds. The first-order valence-corrected chi connectivity index (χ1v) is 12.3. The molecule has 1 fully saturated rings. The zero-order valence-corrected chi connectivity index (χ0v) is 21.5. The molecule has 0 aliphatic carbocycles. The summed E-state index contributed by atoms with van der Waals surface area (Å²) < 4.78 is 5.10. The summed E-state index contributed by atoms with van der Waals surface area (Å²) in [6, 6.07) is 13.6. The maximum absolute atomic E-state index is 12.8. The van der Waals surface area contributed by atoms with Gasteiger partial charge in [0.2, 0.25) is 5.91 Å². The van der Waals surface area contributed by atoms with E-state index in [0.29, 0.717) is 35.3 Å². The molecule has 0 saturated carbocycles. The van der Waals surface area contributed by atoms with Gasteiger partial charge in [-0.05, 0) is 54.2 Å². The van der Waals surface area contributed by atoms with Gasteiger partial charge in [-0.2, -0.15) is 0 Å². The van der Waals surface area contributed by atoms with E-state index in [0.717, 1.165) is 18.4 Å². The topological polar surface area (TPSA) is 115 Å². The number of nitro groups is 1. The van der Waals surface area contributed by atoms with Gasteiger partial charge >= 0.3 is 5.69 Å². The van der Waals surface area contributed by atoms with E-state index in [1.54, 1.807) is 12.1 Å². The molecule has 1 aromatic heterocycles. The molecule has 1 aliphatic rings. The second-order valence-corrected chi connectivity index (χ2v) is 9.50. The standard InChI is InChI=1S/C26H24Cl2N4O5/c1-37-23-12-16(2-7-22(23)32(35)36)13-24(33)31-10-8-18(9-11-31)17-3-5-20(6-4-17)30-26(34)25-21(28)14-19(27)15-29-25/h2-7,12,14-15,18H,8-11,13H2,1H3,(H,30,34). The van der Waals surface area contributed by atoms with Crippen molar-refractivity contribution in [3.05, 3.63) is 91.7 Å². The molecule has 0 unspecified atom stereocenters. The third kappa shape index (κ3) is 6.36. The first kappa shape index (κ1) is 26.4. The van der Waals surface area contributed by atoms with Gasteiger partial charge in [-0.15, -0.1) is 0 Å². The van der Waals surface area contributed by atoms with Crippen LogP contribution in [0.5, 0.6) is 5.75 Å². The minimum atomic E-state index is -0.512. The minimum absolute atomic E-state index is 0.0260. The van der Waals surface area contributed by atoms with Gasteiger partial charge in [0, 0.05) is 31.0 Å². The van der Waals surface area contributed by atoms with Crippen LogP contribution in [-0.2, 0) is 11.2 Å². The molecular formula is C26H24Cl2N4O5. The zero-order valence-electron chi connectivity index (χ0n) is 19.9. The van der Waals surface area contributed by atoms with Crippen molar-refractivity contribution < 1.29 is 19.2 Å². The fraction of sp³-hybridized carbons (Fsp3) is 0.269. The average Bonchev–Trinajstić information content (AvgIpc) is 2.89. The lowest BCUT2D eigenvalue weighted by Gasteiger charge is -2.32. The Hall–Kier alpha value is -3.69. The maximum Gasteiger partial charge on any atom is 0.310 e. The van der Waals surface area contributed by atoms with Gasteiger partial charge in [-0.1, -0.05) is 41.4 Å². The highest BCUT2D eigenvalue weighted by Gasteiger charge is 2.25. The van der Waals surface area contributed by atoms with E-state index >= 15 is 0 Å². The van der Waals surface area contributed by atoms with Crippen LogP contribution < -0.4 is 10.1 Å². The number of anilines is 1.